The van der Waals surface area contributed by atoms with Crippen molar-refractivity contribution in [2.75, 3.05) is 48.8 Å². The molecule has 1 aliphatic heterocycles. The number of benzene rings is 3. The lowest BCUT2D eigenvalue weighted by atomic mass is 9.87. The van der Waals surface area contributed by atoms with Crippen molar-refractivity contribution in [3.05, 3.63) is 77.5 Å². The van der Waals surface area contributed by atoms with Crippen molar-refractivity contribution in [3.63, 3.8) is 0 Å². The molecule has 0 saturated heterocycles. The highest BCUT2D eigenvalue weighted by molar-refractivity contribution is 6.06. The lowest BCUT2D eigenvalue weighted by Crippen LogP contribution is -2.41. The number of rotatable bonds is 8. The Morgan fingerprint density at radius 1 is 1.02 bits per heavy atom. The molecule has 2 heterocycles. The molecule has 41 heavy (non-hydrogen) atoms. The number of likely N-dealkylation sites (N-methyl/N-ethyl adjacent to an activating group) is 1. The van der Waals surface area contributed by atoms with Crippen LogP contribution in [0, 0.1) is 6.92 Å². The first kappa shape index (κ1) is 28.2. The third-order valence-electron chi connectivity index (χ3n) is 8.00. The van der Waals surface area contributed by atoms with Crippen LogP contribution in [0.1, 0.15) is 49.2 Å². The molecule has 0 unspecified atom stereocenters. The maximum Gasteiger partial charge on any atom is 0.255 e. The number of carbonyl (C=O) groups is 2. The Morgan fingerprint density at radius 2 is 1.80 bits per heavy atom. The second-order valence-electron chi connectivity index (χ2n) is 11.3. The number of carbonyl (C=O) groups excluding carboxylic acids is 2. The molecule has 8 nitrogen and oxygen atoms in total. The Bertz CT molecular complexity index is 1630. The molecule has 1 aliphatic rings. The van der Waals surface area contributed by atoms with Gasteiger partial charge in [0, 0.05) is 47.5 Å². The fourth-order valence-corrected chi connectivity index (χ4v) is 5.52. The lowest BCUT2D eigenvalue weighted by Gasteiger charge is -2.24. The molecule has 0 spiro atoms. The van der Waals surface area contributed by atoms with Crippen molar-refractivity contribution in [2.45, 2.75) is 40.0 Å². The smallest absolute Gasteiger partial charge is 0.255 e. The van der Waals surface area contributed by atoms with Crippen LogP contribution in [-0.4, -0.2) is 59.9 Å². The van der Waals surface area contributed by atoms with Gasteiger partial charge in [0.05, 0.1) is 12.1 Å². The summed E-state index contributed by atoms with van der Waals surface area (Å²) in [6, 6.07) is 17.7. The Balaban J connectivity index is 1.40. The van der Waals surface area contributed by atoms with Crippen molar-refractivity contribution in [1.82, 2.24) is 14.9 Å². The molecule has 0 aliphatic carbocycles. The van der Waals surface area contributed by atoms with Crippen molar-refractivity contribution < 1.29 is 9.59 Å². The molecule has 3 aromatic carbocycles. The number of anilines is 3. The average molecular weight is 551 g/mol. The second kappa shape index (κ2) is 11.3. The van der Waals surface area contributed by atoms with Gasteiger partial charge in [-0.3, -0.25) is 14.5 Å². The monoisotopic (exact) mass is 550 g/mol. The van der Waals surface area contributed by atoms with E-state index >= 15 is 0 Å². The van der Waals surface area contributed by atoms with E-state index in [9.17, 15) is 9.59 Å². The number of fused-ring (bicyclic) bond motifs is 2. The van der Waals surface area contributed by atoms with E-state index in [1.165, 1.54) is 0 Å². The zero-order valence-corrected chi connectivity index (χ0v) is 24.7. The minimum absolute atomic E-state index is 0.0788. The number of aromatic nitrogens is 2. The highest BCUT2D eigenvalue weighted by atomic mass is 16.2. The van der Waals surface area contributed by atoms with Crippen LogP contribution in [0.25, 0.3) is 22.0 Å². The summed E-state index contributed by atoms with van der Waals surface area (Å²) in [5.74, 6) is 0.453. The molecule has 0 saturated carbocycles. The second-order valence-corrected chi connectivity index (χ2v) is 11.3. The van der Waals surface area contributed by atoms with Gasteiger partial charge in [-0.15, -0.1) is 0 Å². The van der Waals surface area contributed by atoms with Gasteiger partial charge in [-0.1, -0.05) is 45.9 Å². The Morgan fingerprint density at radius 3 is 2.54 bits per heavy atom. The van der Waals surface area contributed by atoms with Gasteiger partial charge in [-0.05, 0) is 78.7 Å². The first-order chi connectivity index (χ1) is 19.6. The number of nitrogens with zero attached hydrogens (tertiary/aromatic N) is 4. The third-order valence-corrected chi connectivity index (χ3v) is 8.00. The van der Waals surface area contributed by atoms with Crippen LogP contribution in [0.2, 0.25) is 0 Å². The molecule has 2 amide bonds. The van der Waals surface area contributed by atoms with E-state index in [1.807, 2.05) is 66.4 Å². The number of nitrogens with one attached hydrogen (secondary N) is 2. The van der Waals surface area contributed by atoms with E-state index < -0.39 is 0 Å². The number of aryl methyl sites for hydroxylation is 1. The third kappa shape index (κ3) is 5.65. The largest absolute Gasteiger partial charge is 0.357 e. The summed E-state index contributed by atoms with van der Waals surface area (Å²) < 4.78 is 0. The van der Waals surface area contributed by atoms with Crippen molar-refractivity contribution >= 4 is 40.0 Å². The van der Waals surface area contributed by atoms with Crippen LogP contribution in [0.4, 0.5) is 17.3 Å². The summed E-state index contributed by atoms with van der Waals surface area (Å²) in [6.45, 7) is 13.1. The van der Waals surface area contributed by atoms with E-state index in [0.29, 0.717) is 30.3 Å². The quantitative estimate of drug-likeness (QED) is 0.285. The molecule has 2 N–H and O–H groups in total. The van der Waals surface area contributed by atoms with E-state index in [2.05, 4.69) is 53.2 Å². The van der Waals surface area contributed by atoms with Crippen molar-refractivity contribution in [2.24, 2.45) is 0 Å². The van der Waals surface area contributed by atoms with Crippen molar-refractivity contribution in [1.29, 1.82) is 0 Å². The average Bonchev–Trinajstić information content (AvgIpc) is 3.25. The van der Waals surface area contributed by atoms with E-state index in [4.69, 9.17) is 0 Å². The molecule has 0 radical (unpaired) electrons. The van der Waals surface area contributed by atoms with Gasteiger partial charge >= 0.3 is 0 Å². The Hall–Kier alpha value is -4.30. The molecule has 212 valence electrons. The molecule has 5 rings (SSSR count). The molecular formula is C33H38N6O2. The maximum atomic E-state index is 13.4. The van der Waals surface area contributed by atoms with Gasteiger partial charge in [0.1, 0.15) is 0 Å². The van der Waals surface area contributed by atoms with Gasteiger partial charge in [0.15, 0.2) is 0 Å². The first-order valence-corrected chi connectivity index (χ1v) is 14.2. The highest BCUT2D eigenvalue weighted by Crippen LogP contribution is 2.42. The minimum atomic E-state index is -0.202. The molecule has 0 fully saturated rings. The summed E-state index contributed by atoms with van der Waals surface area (Å²) in [6.07, 6.45) is 1.80. The van der Waals surface area contributed by atoms with Gasteiger partial charge in [-0.2, -0.15) is 0 Å². The minimum Gasteiger partial charge on any atom is -0.357 e. The van der Waals surface area contributed by atoms with Gasteiger partial charge in [0.2, 0.25) is 11.9 Å². The van der Waals surface area contributed by atoms with Crippen LogP contribution in [0.5, 0.6) is 0 Å². The van der Waals surface area contributed by atoms with Gasteiger partial charge in [0.25, 0.3) is 5.91 Å². The Kier molecular flexibility index (Phi) is 7.78. The zero-order valence-electron chi connectivity index (χ0n) is 24.7. The van der Waals surface area contributed by atoms with E-state index in [1.54, 1.807) is 13.2 Å². The number of amides is 2. The van der Waals surface area contributed by atoms with Crippen molar-refractivity contribution in [3.8, 4) is 11.1 Å². The van der Waals surface area contributed by atoms with Crippen LogP contribution in [0.3, 0.4) is 0 Å². The molecule has 0 bridgehead atoms. The number of hydrogen-bond acceptors (Lipinski definition) is 6. The first-order valence-electron chi connectivity index (χ1n) is 14.2. The van der Waals surface area contributed by atoms with Crippen LogP contribution in [-0.2, 0) is 10.2 Å². The summed E-state index contributed by atoms with van der Waals surface area (Å²) >= 11 is 0. The van der Waals surface area contributed by atoms with Crippen LogP contribution >= 0.6 is 0 Å². The predicted molar refractivity (Wildman–Crippen MR) is 167 cm³/mol. The lowest BCUT2D eigenvalue weighted by molar-refractivity contribution is -0.119. The highest BCUT2D eigenvalue weighted by Gasteiger charge is 2.38. The Labute approximate surface area is 241 Å². The summed E-state index contributed by atoms with van der Waals surface area (Å²) in [5, 5.41) is 6.96. The maximum absolute atomic E-state index is 13.4. The standard InChI is InChI=1S/C33H38N6O2/c1-7-38(8-2)19-30(40)39-20-33(4,5)27-13-12-25(17-29(27)39)36-31(41)23-10-9-21(3)26(16-23)22-11-14-28-24(15-22)18-35-32(34-6)37-28/h9-18H,7-8,19-20H2,1-6H3,(H,36,41)(H,34,35,37). The number of hydrogen-bond donors (Lipinski definition) is 2. The summed E-state index contributed by atoms with van der Waals surface area (Å²) in [7, 11) is 1.79. The van der Waals surface area contributed by atoms with E-state index in [0.717, 1.165) is 51.9 Å². The van der Waals surface area contributed by atoms with Gasteiger partial charge in [-0.25, -0.2) is 9.97 Å². The van der Waals surface area contributed by atoms with Crippen LogP contribution < -0.4 is 15.5 Å². The predicted octanol–water partition coefficient (Wildman–Crippen LogP) is 5.87. The van der Waals surface area contributed by atoms with E-state index in [-0.39, 0.29) is 17.2 Å². The molecule has 0 atom stereocenters. The van der Waals surface area contributed by atoms with Gasteiger partial charge < -0.3 is 15.5 Å². The zero-order chi connectivity index (χ0) is 29.3. The molecule has 1 aromatic heterocycles. The topological polar surface area (TPSA) is 90.5 Å². The fraction of sp³-hybridized carbons (Fsp3) is 0.333. The molecule has 4 aromatic rings. The normalized spacial score (nSPS) is 13.9. The fourth-order valence-electron chi connectivity index (χ4n) is 5.52. The summed E-state index contributed by atoms with van der Waals surface area (Å²) in [5.41, 5.74) is 6.92. The molecular weight excluding hydrogens is 512 g/mol. The summed E-state index contributed by atoms with van der Waals surface area (Å²) in [4.78, 5) is 39.5. The molecule has 8 heteroatoms. The van der Waals surface area contributed by atoms with Crippen LogP contribution in [0.15, 0.2) is 60.8 Å². The SMILES string of the molecule is CCN(CC)CC(=O)N1CC(C)(C)c2ccc(NC(=O)c3ccc(C)c(-c4ccc5nc(NC)ncc5c4)c3)cc21.